The van der Waals surface area contributed by atoms with Gasteiger partial charge in [-0.2, -0.15) is 0 Å². The van der Waals surface area contributed by atoms with E-state index >= 15 is 0 Å². The van der Waals surface area contributed by atoms with Gasteiger partial charge in [-0.25, -0.2) is 0 Å². The van der Waals surface area contributed by atoms with Gasteiger partial charge in [0, 0.05) is 13.0 Å². The van der Waals surface area contributed by atoms with Crippen LogP contribution in [0.2, 0.25) is 0 Å². The highest BCUT2D eigenvalue weighted by Gasteiger charge is 1.93. The summed E-state index contributed by atoms with van der Waals surface area (Å²) >= 11 is 0. The van der Waals surface area contributed by atoms with Crippen LogP contribution in [-0.4, -0.2) is 49.1 Å². The van der Waals surface area contributed by atoms with E-state index in [1.54, 1.807) is 0 Å². The summed E-state index contributed by atoms with van der Waals surface area (Å²) in [5.41, 5.74) is 5.30. The van der Waals surface area contributed by atoms with E-state index in [0.717, 1.165) is 25.9 Å². The number of nitrogens with two attached hydrogens (primary N) is 1. The van der Waals surface area contributed by atoms with Crippen molar-refractivity contribution >= 4 is 5.84 Å². The van der Waals surface area contributed by atoms with E-state index in [9.17, 15) is 0 Å². The second-order valence-corrected chi connectivity index (χ2v) is 3.13. The Hall–Kier alpha value is -0.850. The molecule has 0 rings (SSSR count). The van der Waals surface area contributed by atoms with Gasteiger partial charge in [-0.3, -0.25) is 0 Å². The summed E-state index contributed by atoms with van der Waals surface area (Å²) in [4.78, 5) is 0. The van der Waals surface area contributed by atoms with Crippen molar-refractivity contribution < 1.29 is 15.1 Å². The SMILES string of the molecule is NC(CCCNCCCOCCO)=NO. The number of rotatable bonds is 10. The van der Waals surface area contributed by atoms with Crippen LogP contribution in [0.25, 0.3) is 0 Å². The first-order chi connectivity index (χ1) is 7.31. The number of amidine groups is 1. The molecule has 0 atom stereocenters. The zero-order chi connectivity index (χ0) is 11.4. The molecule has 0 aromatic heterocycles. The van der Waals surface area contributed by atoms with Crippen molar-refractivity contribution in [3.05, 3.63) is 0 Å². The van der Waals surface area contributed by atoms with Crippen molar-refractivity contribution in [2.45, 2.75) is 19.3 Å². The average Bonchev–Trinajstić information content (AvgIpc) is 2.26. The van der Waals surface area contributed by atoms with Crippen LogP contribution in [0, 0.1) is 0 Å². The zero-order valence-electron chi connectivity index (χ0n) is 8.98. The maximum atomic E-state index is 8.43. The molecule has 0 aromatic carbocycles. The van der Waals surface area contributed by atoms with Crippen molar-refractivity contribution in [3.8, 4) is 0 Å². The summed E-state index contributed by atoms with van der Waals surface area (Å²) < 4.78 is 5.08. The first-order valence-corrected chi connectivity index (χ1v) is 5.17. The molecule has 0 amide bonds. The molecular weight excluding hydrogens is 198 g/mol. The number of hydrogen-bond donors (Lipinski definition) is 4. The topological polar surface area (TPSA) is 100 Å². The molecular formula is C9H21N3O3. The lowest BCUT2D eigenvalue weighted by atomic mass is 10.3. The fraction of sp³-hybridized carbons (Fsp3) is 0.889. The largest absolute Gasteiger partial charge is 0.409 e. The number of nitrogens with zero attached hydrogens (tertiary/aromatic N) is 1. The van der Waals surface area contributed by atoms with Gasteiger partial charge in [-0.05, 0) is 25.9 Å². The summed E-state index contributed by atoms with van der Waals surface area (Å²) in [6, 6.07) is 0. The molecule has 0 saturated heterocycles. The van der Waals surface area contributed by atoms with Crippen LogP contribution in [-0.2, 0) is 4.74 Å². The molecule has 0 spiro atoms. The number of aliphatic hydroxyl groups excluding tert-OH is 1. The fourth-order valence-corrected chi connectivity index (χ4v) is 1.04. The van der Waals surface area contributed by atoms with Gasteiger partial charge in [0.05, 0.1) is 13.2 Å². The minimum atomic E-state index is 0.0766. The van der Waals surface area contributed by atoms with Crippen LogP contribution in [0.3, 0.4) is 0 Å². The van der Waals surface area contributed by atoms with Crippen LogP contribution >= 0.6 is 0 Å². The molecule has 0 saturated carbocycles. The summed E-state index contributed by atoms with van der Waals surface area (Å²) in [5.74, 6) is 0.267. The average molecular weight is 219 g/mol. The second-order valence-electron chi connectivity index (χ2n) is 3.13. The third kappa shape index (κ3) is 11.1. The van der Waals surface area contributed by atoms with E-state index in [4.69, 9.17) is 20.8 Å². The standard InChI is InChI=1S/C9H21N3O3/c10-9(12-14)3-1-4-11-5-2-7-15-8-6-13/h11,13-14H,1-8H2,(H2,10,12). The zero-order valence-corrected chi connectivity index (χ0v) is 8.98. The Kier molecular flexibility index (Phi) is 10.6. The lowest BCUT2D eigenvalue weighted by Gasteiger charge is -2.04. The van der Waals surface area contributed by atoms with Gasteiger partial charge >= 0.3 is 0 Å². The monoisotopic (exact) mass is 219 g/mol. The number of ether oxygens (including phenoxy) is 1. The smallest absolute Gasteiger partial charge is 0.139 e. The number of nitrogens with one attached hydrogen (secondary N) is 1. The number of oxime groups is 1. The van der Waals surface area contributed by atoms with Gasteiger partial charge in [0.15, 0.2) is 0 Å². The summed E-state index contributed by atoms with van der Waals surface area (Å²) in [6.07, 6.45) is 2.38. The molecule has 6 heteroatoms. The molecule has 0 fully saturated rings. The Morgan fingerprint density at radius 2 is 2.00 bits per heavy atom. The molecule has 5 N–H and O–H groups in total. The second kappa shape index (κ2) is 11.2. The molecule has 0 unspecified atom stereocenters. The van der Waals surface area contributed by atoms with Gasteiger partial charge in [0.25, 0.3) is 0 Å². The highest BCUT2D eigenvalue weighted by Crippen LogP contribution is 1.87. The molecule has 0 aliphatic heterocycles. The van der Waals surface area contributed by atoms with E-state index in [1.165, 1.54) is 0 Å². The number of hydrogen-bond acceptors (Lipinski definition) is 5. The van der Waals surface area contributed by atoms with Crippen molar-refractivity contribution in [1.29, 1.82) is 0 Å². The predicted molar refractivity (Wildman–Crippen MR) is 58.0 cm³/mol. The Bertz CT molecular complexity index is 165. The van der Waals surface area contributed by atoms with E-state index in [1.807, 2.05) is 0 Å². The molecule has 0 heterocycles. The van der Waals surface area contributed by atoms with Crippen molar-refractivity contribution in [3.63, 3.8) is 0 Å². The summed E-state index contributed by atoms with van der Waals surface area (Å²) in [7, 11) is 0. The molecule has 0 radical (unpaired) electrons. The third-order valence-corrected chi connectivity index (χ3v) is 1.79. The molecule has 6 nitrogen and oxygen atoms in total. The van der Waals surface area contributed by atoms with Crippen molar-refractivity contribution in [2.24, 2.45) is 10.9 Å². The molecule has 90 valence electrons. The van der Waals surface area contributed by atoms with Gasteiger partial charge in [0.1, 0.15) is 5.84 Å². The van der Waals surface area contributed by atoms with Gasteiger partial charge in [-0.15, -0.1) is 0 Å². The summed E-state index contributed by atoms with van der Waals surface area (Å²) in [6.45, 7) is 2.86. The Labute approximate surface area is 90.1 Å². The van der Waals surface area contributed by atoms with Crippen molar-refractivity contribution in [1.82, 2.24) is 5.32 Å². The highest BCUT2D eigenvalue weighted by molar-refractivity contribution is 5.79. The molecule has 0 aliphatic rings. The predicted octanol–water partition coefficient (Wildman–Crippen LogP) is -0.498. The van der Waals surface area contributed by atoms with Crippen LogP contribution < -0.4 is 11.1 Å². The molecule has 0 bridgehead atoms. The first-order valence-electron chi connectivity index (χ1n) is 5.17. The van der Waals surface area contributed by atoms with E-state index in [-0.39, 0.29) is 12.4 Å². The maximum Gasteiger partial charge on any atom is 0.139 e. The van der Waals surface area contributed by atoms with E-state index in [0.29, 0.717) is 19.6 Å². The lowest BCUT2D eigenvalue weighted by Crippen LogP contribution is -2.20. The Morgan fingerprint density at radius 1 is 1.27 bits per heavy atom. The molecule has 0 aromatic rings. The minimum absolute atomic E-state index is 0.0766. The highest BCUT2D eigenvalue weighted by atomic mass is 16.5. The molecule has 0 aliphatic carbocycles. The van der Waals surface area contributed by atoms with Crippen LogP contribution in [0.15, 0.2) is 5.16 Å². The van der Waals surface area contributed by atoms with Crippen LogP contribution in [0.5, 0.6) is 0 Å². The van der Waals surface area contributed by atoms with E-state index in [2.05, 4.69) is 10.5 Å². The van der Waals surface area contributed by atoms with Gasteiger partial charge in [0.2, 0.25) is 0 Å². The number of aliphatic hydroxyl groups is 1. The van der Waals surface area contributed by atoms with Crippen LogP contribution in [0.1, 0.15) is 19.3 Å². The first kappa shape index (κ1) is 14.2. The van der Waals surface area contributed by atoms with Crippen LogP contribution in [0.4, 0.5) is 0 Å². The fourth-order valence-electron chi connectivity index (χ4n) is 1.04. The Morgan fingerprint density at radius 3 is 2.67 bits per heavy atom. The lowest BCUT2D eigenvalue weighted by molar-refractivity contribution is 0.0908. The van der Waals surface area contributed by atoms with Crippen molar-refractivity contribution in [2.75, 3.05) is 32.9 Å². The maximum absolute atomic E-state index is 8.43. The van der Waals surface area contributed by atoms with E-state index < -0.39 is 0 Å². The quantitative estimate of drug-likeness (QED) is 0.130. The third-order valence-electron chi connectivity index (χ3n) is 1.79. The summed E-state index contributed by atoms with van der Waals surface area (Å²) in [5, 5.41) is 22.8. The van der Waals surface area contributed by atoms with Gasteiger partial charge < -0.3 is 26.1 Å². The normalized spacial score (nSPS) is 11.9. The minimum Gasteiger partial charge on any atom is -0.409 e. The Balaban J connectivity index is 2.99. The molecule has 15 heavy (non-hydrogen) atoms. The van der Waals surface area contributed by atoms with Gasteiger partial charge in [-0.1, -0.05) is 5.16 Å².